The number of hydrogen-bond acceptors (Lipinski definition) is 5. The Morgan fingerprint density at radius 3 is 2.70 bits per heavy atom. The third kappa shape index (κ3) is 2.85. The van der Waals surface area contributed by atoms with Crippen LogP contribution in [0.5, 0.6) is 11.5 Å². The van der Waals surface area contributed by atoms with Crippen molar-refractivity contribution < 1.29 is 9.47 Å². The van der Waals surface area contributed by atoms with Gasteiger partial charge in [-0.3, -0.25) is 0 Å². The minimum Gasteiger partial charge on any atom is -0.493 e. The second-order valence-corrected chi connectivity index (χ2v) is 3.89. The number of pyridine rings is 1. The van der Waals surface area contributed by atoms with E-state index in [1.807, 2.05) is 12.1 Å². The molecule has 5 nitrogen and oxygen atoms in total. The smallest absolute Gasteiger partial charge is 0.162 e. The first kappa shape index (κ1) is 13.4. The van der Waals surface area contributed by atoms with Crippen LogP contribution in [-0.4, -0.2) is 12.1 Å². The maximum atomic E-state index is 8.96. The zero-order valence-corrected chi connectivity index (χ0v) is 10.8. The van der Waals surface area contributed by atoms with Crippen LogP contribution in [-0.2, 0) is 6.61 Å². The molecular formula is C15H11N3O2. The number of benzene rings is 1. The summed E-state index contributed by atoms with van der Waals surface area (Å²) in [5.41, 5.74) is 1.52. The van der Waals surface area contributed by atoms with Crippen LogP contribution in [0.1, 0.15) is 16.8 Å². The second-order valence-electron chi connectivity index (χ2n) is 3.89. The molecule has 2 rings (SSSR count). The van der Waals surface area contributed by atoms with Crippen molar-refractivity contribution in [1.82, 2.24) is 4.98 Å². The van der Waals surface area contributed by atoms with Gasteiger partial charge in [-0.1, -0.05) is 6.07 Å². The summed E-state index contributed by atoms with van der Waals surface area (Å²) in [6.45, 7) is 0.207. The third-order valence-electron chi connectivity index (χ3n) is 2.67. The van der Waals surface area contributed by atoms with Gasteiger partial charge < -0.3 is 9.47 Å². The fourth-order valence-electron chi connectivity index (χ4n) is 1.67. The van der Waals surface area contributed by atoms with Gasteiger partial charge in [0.25, 0.3) is 0 Å². The highest BCUT2D eigenvalue weighted by Crippen LogP contribution is 2.28. The molecule has 0 aliphatic rings. The Labute approximate surface area is 116 Å². The maximum Gasteiger partial charge on any atom is 0.162 e. The summed E-state index contributed by atoms with van der Waals surface area (Å²) in [5, 5.41) is 17.8. The van der Waals surface area contributed by atoms with E-state index in [0.29, 0.717) is 28.3 Å². The van der Waals surface area contributed by atoms with Gasteiger partial charge in [-0.25, -0.2) is 4.98 Å². The van der Waals surface area contributed by atoms with E-state index in [-0.39, 0.29) is 6.61 Å². The number of aromatic nitrogens is 1. The molecule has 20 heavy (non-hydrogen) atoms. The van der Waals surface area contributed by atoms with Gasteiger partial charge in [-0.2, -0.15) is 10.5 Å². The van der Waals surface area contributed by atoms with Gasteiger partial charge in [0.05, 0.1) is 18.7 Å². The molecule has 0 N–H and O–H groups in total. The van der Waals surface area contributed by atoms with E-state index < -0.39 is 0 Å². The maximum absolute atomic E-state index is 8.96. The lowest BCUT2D eigenvalue weighted by Crippen LogP contribution is -2.01. The summed E-state index contributed by atoms with van der Waals surface area (Å²) in [4.78, 5) is 3.96. The first-order valence-electron chi connectivity index (χ1n) is 5.83. The molecule has 0 aliphatic heterocycles. The Kier molecular flexibility index (Phi) is 4.16. The molecule has 0 saturated heterocycles. The molecule has 0 radical (unpaired) electrons. The monoisotopic (exact) mass is 265 g/mol. The summed E-state index contributed by atoms with van der Waals surface area (Å²) in [6.07, 6.45) is 1.56. The average Bonchev–Trinajstić information content (AvgIpc) is 2.52. The van der Waals surface area contributed by atoms with Gasteiger partial charge in [0.2, 0.25) is 0 Å². The Balaban J connectivity index is 2.19. The SMILES string of the molecule is COc1cc(C#N)ccc1OCc1cccnc1C#N. The van der Waals surface area contributed by atoms with E-state index in [2.05, 4.69) is 4.98 Å². The molecule has 2 aromatic rings. The molecule has 0 spiro atoms. The zero-order valence-electron chi connectivity index (χ0n) is 10.8. The first-order valence-corrected chi connectivity index (χ1v) is 5.83. The van der Waals surface area contributed by atoms with Gasteiger partial charge in [0.15, 0.2) is 11.5 Å². The van der Waals surface area contributed by atoms with Gasteiger partial charge in [-0.05, 0) is 18.2 Å². The summed E-state index contributed by atoms with van der Waals surface area (Å²) in [6, 6.07) is 12.5. The fraction of sp³-hybridized carbons (Fsp3) is 0.133. The topological polar surface area (TPSA) is 78.9 Å². The highest BCUT2D eigenvalue weighted by atomic mass is 16.5. The third-order valence-corrected chi connectivity index (χ3v) is 2.67. The predicted molar refractivity (Wildman–Crippen MR) is 71.0 cm³/mol. The molecule has 0 saturated carbocycles. The van der Waals surface area contributed by atoms with Crippen molar-refractivity contribution in [2.75, 3.05) is 7.11 Å². The van der Waals surface area contributed by atoms with Crippen LogP contribution in [0.25, 0.3) is 0 Å². The van der Waals surface area contributed by atoms with Crippen LogP contribution < -0.4 is 9.47 Å². The van der Waals surface area contributed by atoms with Crippen molar-refractivity contribution in [3.05, 3.63) is 53.3 Å². The normalized spacial score (nSPS) is 9.35. The Bertz CT molecular complexity index is 699. The number of nitrogens with zero attached hydrogens (tertiary/aromatic N) is 3. The molecule has 0 unspecified atom stereocenters. The molecule has 1 aromatic carbocycles. The van der Waals surface area contributed by atoms with Crippen molar-refractivity contribution >= 4 is 0 Å². The first-order chi connectivity index (χ1) is 9.78. The second kappa shape index (κ2) is 6.21. The fourth-order valence-corrected chi connectivity index (χ4v) is 1.67. The van der Waals surface area contributed by atoms with E-state index >= 15 is 0 Å². The van der Waals surface area contributed by atoms with Crippen LogP contribution in [0.3, 0.4) is 0 Å². The largest absolute Gasteiger partial charge is 0.493 e. The standard InChI is InChI=1S/C15H11N3O2/c1-19-15-7-11(8-16)4-5-14(15)20-10-12-3-2-6-18-13(12)9-17/h2-7H,10H2,1H3. The lowest BCUT2D eigenvalue weighted by Gasteiger charge is -2.11. The minimum absolute atomic E-state index is 0.207. The van der Waals surface area contributed by atoms with Gasteiger partial charge in [0.1, 0.15) is 18.4 Å². The molecule has 1 aromatic heterocycles. The van der Waals surface area contributed by atoms with E-state index in [1.165, 1.54) is 7.11 Å². The van der Waals surface area contributed by atoms with Crippen molar-refractivity contribution in [3.63, 3.8) is 0 Å². The highest BCUT2D eigenvalue weighted by molar-refractivity contribution is 5.46. The molecule has 5 heteroatoms. The van der Waals surface area contributed by atoms with Crippen molar-refractivity contribution in [2.45, 2.75) is 6.61 Å². The van der Waals surface area contributed by atoms with Gasteiger partial charge in [0, 0.05) is 17.8 Å². The molecule has 0 amide bonds. The van der Waals surface area contributed by atoms with Gasteiger partial charge in [-0.15, -0.1) is 0 Å². The zero-order chi connectivity index (χ0) is 14.4. The molecule has 98 valence electrons. The number of hydrogen-bond donors (Lipinski definition) is 0. The Morgan fingerprint density at radius 1 is 1.15 bits per heavy atom. The Hall–Kier alpha value is -3.05. The van der Waals surface area contributed by atoms with E-state index in [1.54, 1.807) is 36.5 Å². The summed E-state index contributed by atoms with van der Waals surface area (Å²) >= 11 is 0. The lowest BCUT2D eigenvalue weighted by molar-refractivity contribution is 0.284. The molecule has 0 fully saturated rings. The van der Waals surface area contributed by atoms with Crippen LogP contribution in [0, 0.1) is 22.7 Å². The summed E-state index contributed by atoms with van der Waals surface area (Å²) in [5.74, 6) is 0.991. The van der Waals surface area contributed by atoms with Crippen molar-refractivity contribution in [1.29, 1.82) is 10.5 Å². The van der Waals surface area contributed by atoms with E-state index in [4.69, 9.17) is 20.0 Å². The van der Waals surface area contributed by atoms with Crippen molar-refractivity contribution in [3.8, 4) is 23.6 Å². The molecule has 0 bridgehead atoms. The summed E-state index contributed by atoms with van der Waals surface area (Å²) in [7, 11) is 1.51. The number of ether oxygens (including phenoxy) is 2. The van der Waals surface area contributed by atoms with Crippen LogP contribution in [0.15, 0.2) is 36.5 Å². The molecule has 0 atom stereocenters. The van der Waals surface area contributed by atoms with Crippen LogP contribution in [0.2, 0.25) is 0 Å². The predicted octanol–water partition coefficient (Wildman–Crippen LogP) is 2.41. The molecule has 1 heterocycles. The van der Waals surface area contributed by atoms with Crippen molar-refractivity contribution in [2.24, 2.45) is 0 Å². The van der Waals surface area contributed by atoms with Gasteiger partial charge >= 0.3 is 0 Å². The number of rotatable bonds is 4. The highest BCUT2D eigenvalue weighted by Gasteiger charge is 2.08. The number of methoxy groups -OCH3 is 1. The number of nitriles is 2. The molecular weight excluding hydrogens is 254 g/mol. The minimum atomic E-state index is 0.207. The van der Waals surface area contributed by atoms with E-state index in [0.717, 1.165) is 0 Å². The quantitative estimate of drug-likeness (QED) is 0.848. The average molecular weight is 265 g/mol. The lowest BCUT2D eigenvalue weighted by atomic mass is 10.2. The van der Waals surface area contributed by atoms with Crippen LogP contribution >= 0.6 is 0 Å². The molecule has 0 aliphatic carbocycles. The Morgan fingerprint density at radius 2 is 2.00 bits per heavy atom. The van der Waals surface area contributed by atoms with E-state index in [9.17, 15) is 0 Å². The van der Waals surface area contributed by atoms with Crippen LogP contribution in [0.4, 0.5) is 0 Å². The summed E-state index contributed by atoms with van der Waals surface area (Å²) < 4.78 is 10.8.